The standard InChI is InChI=1S/C37H68N2O4/c1-4-7-10-13-16-19-22-25-28-41-34-31-33(37(38)39-40)32-35(42-29-26-23-20-17-14-11-8-5-2)36(34)43-30-27-24-21-18-15-12-9-6-3/h31-32,40H,4-30H2,1-3H3,(H2,38,39). The molecule has 0 amide bonds. The van der Waals surface area contributed by atoms with Crippen LogP contribution in [0.2, 0.25) is 0 Å². The zero-order valence-corrected chi connectivity index (χ0v) is 28.4. The van der Waals surface area contributed by atoms with Gasteiger partial charge in [-0.05, 0) is 31.4 Å². The Bertz CT molecular complexity index is 756. The van der Waals surface area contributed by atoms with Gasteiger partial charge in [0.05, 0.1) is 19.8 Å². The maximum atomic E-state index is 9.38. The molecule has 0 aliphatic carbocycles. The third kappa shape index (κ3) is 20.5. The Morgan fingerprint density at radius 1 is 0.512 bits per heavy atom. The van der Waals surface area contributed by atoms with Crippen molar-refractivity contribution < 1.29 is 19.4 Å². The first-order valence-corrected chi connectivity index (χ1v) is 18.2. The van der Waals surface area contributed by atoms with Crippen molar-refractivity contribution >= 4 is 5.84 Å². The topological polar surface area (TPSA) is 86.3 Å². The molecule has 6 nitrogen and oxygen atoms in total. The molecule has 0 saturated carbocycles. The number of nitrogens with two attached hydrogens (primary N) is 1. The molecule has 43 heavy (non-hydrogen) atoms. The molecule has 1 aromatic rings. The average molecular weight is 605 g/mol. The second-order valence-corrected chi connectivity index (χ2v) is 12.3. The van der Waals surface area contributed by atoms with Gasteiger partial charge >= 0.3 is 0 Å². The molecule has 0 aliphatic heterocycles. The van der Waals surface area contributed by atoms with Crippen LogP contribution in [0, 0.1) is 0 Å². The quantitative estimate of drug-likeness (QED) is 0.0289. The van der Waals surface area contributed by atoms with Gasteiger partial charge in [-0.25, -0.2) is 0 Å². The van der Waals surface area contributed by atoms with Gasteiger partial charge in [0.15, 0.2) is 17.3 Å². The second kappa shape index (κ2) is 28.6. The lowest BCUT2D eigenvalue weighted by molar-refractivity contribution is 0.234. The van der Waals surface area contributed by atoms with E-state index >= 15 is 0 Å². The number of benzene rings is 1. The van der Waals surface area contributed by atoms with E-state index in [2.05, 4.69) is 25.9 Å². The fraction of sp³-hybridized carbons (Fsp3) is 0.811. The van der Waals surface area contributed by atoms with Gasteiger partial charge in [-0.3, -0.25) is 0 Å². The van der Waals surface area contributed by atoms with Crippen molar-refractivity contribution in [1.82, 2.24) is 0 Å². The number of amidine groups is 1. The molecular weight excluding hydrogens is 536 g/mol. The van der Waals surface area contributed by atoms with Gasteiger partial charge in [-0.1, -0.05) is 161 Å². The van der Waals surface area contributed by atoms with Crippen molar-refractivity contribution in [2.75, 3.05) is 19.8 Å². The zero-order chi connectivity index (χ0) is 31.2. The molecule has 0 unspecified atom stereocenters. The van der Waals surface area contributed by atoms with Gasteiger partial charge < -0.3 is 25.2 Å². The van der Waals surface area contributed by atoms with E-state index in [1.165, 1.54) is 116 Å². The highest BCUT2D eigenvalue weighted by molar-refractivity contribution is 5.98. The van der Waals surface area contributed by atoms with Crippen LogP contribution in [-0.4, -0.2) is 30.9 Å². The van der Waals surface area contributed by atoms with E-state index in [-0.39, 0.29) is 5.84 Å². The minimum Gasteiger partial charge on any atom is -0.490 e. The summed E-state index contributed by atoms with van der Waals surface area (Å²) in [5.74, 6) is 1.94. The Hall–Kier alpha value is -2.11. The molecule has 0 spiro atoms. The summed E-state index contributed by atoms with van der Waals surface area (Å²) < 4.78 is 18.9. The van der Waals surface area contributed by atoms with E-state index < -0.39 is 0 Å². The van der Waals surface area contributed by atoms with Crippen LogP contribution in [0.5, 0.6) is 17.2 Å². The third-order valence-electron chi connectivity index (χ3n) is 8.18. The summed E-state index contributed by atoms with van der Waals surface area (Å²) in [6, 6.07) is 3.65. The van der Waals surface area contributed by atoms with E-state index in [1.54, 1.807) is 0 Å². The molecule has 0 fully saturated rings. The first-order chi connectivity index (χ1) is 21.2. The smallest absolute Gasteiger partial charge is 0.203 e. The van der Waals surface area contributed by atoms with Crippen LogP contribution < -0.4 is 19.9 Å². The fourth-order valence-corrected chi connectivity index (χ4v) is 5.39. The second-order valence-electron chi connectivity index (χ2n) is 12.3. The van der Waals surface area contributed by atoms with E-state index in [0.717, 1.165) is 38.5 Å². The third-order valence-corrected chi connectivity index (χ3v) is 8.18. The molecule has 6 heteroatoms. The molecule has 0 aromatic heterocycles. The molecule has 1 aromatic carbocycles. The molecule has 0 atom stereocenters. The minimum atomic E-state index is 0.0449. The Kier molecular flexibility index (Phi) is 25.9. The van der Waals surface area contributed by atoms with Crippen LogP contribution >= 0.6 is 0 Å². The SMILES string of the molecule is CCCCCCCCCCOc1cc(/C(N)=N/O)cc(OCCCCCCCCCC)c1OCCCCCCCCCC. The van der Waals surface area contributed by atoms with Gasteiger partial charge in [0, 0.05) is 5.56 Å². The van der Waals surface area contributed by atoms with E-state index in [9.17, 15) is 5.21 Å². The van der Waals surface area contributed by atoms with Crippen LogP contribution in [0.1, 0.15) is 180 Å². The normalized spacial score (nSPS) is 11.7. The number of unbranched alkanes of at least 4 members (excludes halogenated alkanes) is 21. The number of rotatable bonds is 31. The maximum absolute atomic E-state index is 9.38. The monoisotopic (exact) mass is 605 g/mol. The van der Waals surface area contributed by atoms with Crippen LogP contribution in [0.15, 0.2) is 17.3 Å². The summed E-state index contributed by atoms with van der Waals surface area (Å²) in [6.07, 6.45) is 30.0. The largest absolute Gasteiger partial charge is 0.490 e. The summed E-state index contributed by atoms with van der Waals surface area (Å²) >= 11 is 0. The van der Waals surface area contributed by atoms with Crippen molar-refractivity contribution in [2.24, 2.45) is 10.9 Å². The molecule has 0 aliphatic rings. The molecule has 0 saturated heterocycles. The molecule has 0 heterocycles. The summed E-state index contributed by atoms with van der Waals surface area (Å²) in [6.45, 7) is 8.62. The summed E-state index contributed by atoms with van der Waals surface area (Å²) in [5.41, 5.74) is 6.60. The van der Waals surface area contributed by atoms with Crippen LogP contribution in [0.3, 0.4) is 0 Å². The fourth-order valence-electron chi connectivity index (χ4n) is 5.39. The maximum Gasteiger partial charge on any atom is 0.203 e. The molecular formula is C37H68N2O4. The highest BCUT2D eigenvalue weighted by Gasteiger charge is 2.18. The highest BCUT2D eigenvalue weighted by atomic mass is 16.5. The molecule has 1 rings (SSSR count). The molecule has 250 valence electrons. The lowest BCUT2D eigenvalue weighted by Gasteiger charge is -2.19. The number of hydrogen-bond acceptors (Lipinski definition) is 5. The van der Waals surface area contributed by atoms with Crippen molar-refractivity contribution in [3.8, 4) is 17.2 Å². The summed E-state index contributed by atoms with van der Waals surface area (Å²) in [7, 11) is 0. The van der Waals surface area contributed by atoms with Crippen LogP contribution in [-0.2, 0) is 0 Å². The Labute approximate surface area is 265 Å². The van der Waals surface area contributed by atoms with Crippen molar-refractivity contribution in [1.29, 1.82) is 0 Å². The Balaban J connectivity index is 2.76. The molecule has 0 radical (unpaired) electrons. The predicted molar refractivity (Wildman–Crippen MR) is 183 cm³/mol. The van der Waals surface area contributed by atoms with Crippen molar-refractivity contribution in [2.45, 2.75) is 175 Å². The van der Waals surface area contributed by atoms with E-state index in [1.807, 2.05) is 12.1 Å². The lowest BCUT2D eigenvalue weighted by atomic mass is 10.1. The van der Waals surface area contributed by atoms with E-state index in [4.69, 9.17) is 19.9 Å². The van der Waals surface area contributed by atoms with Crippen LogP contribution in [0.4, 0.5) is 0 Å². The van der Waals surface area contributed by atoms with Crippen molar-refractivity contribution in [3.63, 3.8) is 0 Å². The van der Waals surface area contributed by atoms with Gasteiger partial charge in [0.2, 0.25) is 5.75 Å². The summed E-state index contributed by atoms with van der Waals surface area (Å²) in [4.78, 5) is 0. The van der Waals surface area contributed by atoms with Gasteiger partial charge in [0.1, 0.15) is 0 Å². The van der Waals surface area contributed by atoms with Gasteiger partial charge in [-0.2, -0.15) is 0 Å². The summed E-state index contributed by atoms with van der Waals surface area (Å²) in [5, 5.41) is 12.6. The molecule has 3 N–H and O–H groups in total. The lowest BCUT2D eigenvalue weighted by Crippen LogP contribution is -2.15. The highest BCUT2D eigenvalue weighted by Crippen LogP contribution is 2.39. The van der Waals surface area contributed by atoms with Crippen molar-refractivity contribution in [3.05, 3.63) is 17.7 Å². The number of hydrogen-bond donors (Lipinski definition) is 2. The molecule has 0 bridgehead atoms. The first kappa shape index (κ1) is 38.9. The van der Waals surface area contributed by atoms with Crippen LogP contribution in [0.25, 0.3) is 0 Å². The number of ether oxygens (including phenoxy) is 3. The Morgan fingerprint density at radius 3 is 1.14 bits per heavy atom. The number of oxime groups is 1. The minimum absolute atomic E-state index is 0.0449. The van der Waals surface area contributed by atoms with E-state index in [0.29, 0.717) is 42.6 Å². The Morgan fingerprint density at radius 2 is 0.814 bits per heavy atom. The first-order valence-electron chi connectivity index (χ1n) is 18.2. The zero-order valence-electron chi connectivity index (χ0n) is 28.4. The van der Waals surface area contributed by atoms with Gasteiger partial charge in [0.25, 0.3) is 0 Å². The number of nitrogens with zero attached hydrogens (tertiary/aromatic N) is 1. The average Bonchev–Trinajstić information content (AvgIpc) is 3.02. The van der Waals surface area contributed by atoms with Gasteiger partial charge in [-0.15, -0.1) is 0 Å². The predicted octanol–water partition coefficient (Wildman–Crippen LogP) is 11.3.